The lowest BCUT2D eigenvalue weighted by atomic mass is 9.79. The van der Waals surface area contributed by atoms with Crippen LogP contribution >= 0.6 is 0 Å². The molecule has 42 heavy (non-hydrogen) atoms. The molecule has 1 aliphatic rings. The van der Waals surface area contributed by atoms with Crippen LogP contribution in [0.5, 0.6) is 28.7 Å². The molecule has 3 rings (SSSR count). The zero-order valence-electron chi connectivity index (χ0n) is 23.1. The summed E-state index contributed by atoms with van der Waals surface area (Å²) in [6.45, 7) is 1.46. The van der Waals surface area contributed by atoms with Crippen molar-refractivity contribution in [3.8, 4) is 28.7 Å². The van der Waals surface area contributed by atoms with Gasteiger partial charge in [0.15, 0.2) is 28.6 Å². The molecule has 4 atom stereocenters. The van der Waals surface area contributed by atoms with Crippen molar-refractivity contribution in [1.82, 2.24) is 0 Å². The van der Waals surface area contributed by atoms with E-state index in [1.165, 1.54) is 63.6 Å². The normalized spacial score (nSPS) is 22.1. The van der Waals surface area contributed by atoms with Crippen LogP contribution < -0.4 is 9.47 Å². The fourth-order valence-electron chi connectivity index (χ4n) is 4.24. The third-order valence-corrected chi connectivity index (χ3v) is 6.36. The van der Waals surface area contributed by atoms with Crippen LogP contribution in [0.2, 0.25) is 0 Å². The Hall–Kier alpha value is -4.75. The largest absolute Gasteiger partial charge is 0.504 e. The summed E-state index contributed by atoms with van der Waals surface area (Å²) >= 11 is 0. The molecule has 0 spiro atoms. The number of carbonyl (C=O) groups is 3. The van der Waals surface area contributed by atoms with E-state index < -0.39 is 60.4 Å². The Morgan fingerprint density at radius 1 is 0.857 bits per heavy atom. The molecule has 0 amide bonds. The molecule has 2 aromatic rings. The highest BCUT2D eigenvalue weighted by Gasteiger charge is 2.53. The lowest BCUT2D eigenvalue weighted by Crippen LogP contribution is -2.58. The summed E-state index contributed by atoms with van der Waals surface area (Å²) in [5, 5.41) is 51.0. The third kappa shape index (κ3) is 7.71. The van der Waals surface area contributed by atoms with Gasteiger partial charge in [0.2, 0.25) is 5.75 Å². The lowest BCUT2D eigenvalue weighted by molar-refractivity contribution is -0.206. The van der Waals surface area contributed by atoms with Gasteiger partial charge < -0.3 is 49.2 Å². The standard InChI is InChI=1S/C29H32O13/c1-4-40-28(36)29(37)14-22(41-24(32)9-6-16-5-8-18(30)19(31)11-16)27(35)23(15-29)42-25(33)10-7-17-12-20(38-2)26(34)21(13-17)39-3/h5-13,22-23,27,30-31,34-35,37H,4,14-15H2,1-3H3/t22-,23-,27+,29+/m1/s1. The molecule has 13 heteroatoms. The number of aromatic hydroxyl groups is 3. The highest BCUT2D eigenvalue weighted by atomic mass is 16.6. The maximum absolute atomic E-state index is 12.7. The predicted octanol–water partition coefficient (Wildman–Crippen LogP) is 1.82. The van der Waals surface area contributed by atoms with E-state index in [2.05, 4.69) is 0 Å². The van der Waals surface area contributed by atoms with E-state index in [0.29, 0.717) is 11.1 Å². The number of methoxy groups -OCH3 is 2. The van der Waals surface area contributed by atoms with Crippen LogP contribution in [-0.4, -0.2) is 88.2 Å². The van der Waals surface area contributed by atoms with E-state index >= 15 is 0 Å². The smallest absolute Gasteiger partial charge is 0.338 e. The van der Waals surface area contributed by atoms with Gasteiger partial charge in [0.25, 0.3) is 0 Å². The lowest BCUT2D eigenvalue weighted by Gasteiger charge is -2.41. The van der Waals surface area contributed by atoms with Crippen molar-refractivity contribution in [2.75, 3.05) is 20.8 Å². The number of aliphatic hydroxyl groups excluding tert-OH is 1. The number of benzene rings is 2. The summed E-state index contributed by atoms with van der Waals surface area (Å²) < 4.78 is 25.7. The molecule has 0 heterocycles. The number of phenols is 3. The van der Waals surface area contributed by atoms with Gasteiger partial charge in [0, 0.05) is 25.0 Å². The Labute approximate surface area is 240 Å². The van der Waals surface area contributed by atoms with Crippen molar-refractivity contribution < 1.29 is 63.6 Å². The summed E-state index contributed by atoms with van der Waals surface area (Å²) in [6, 6.07) is 6.69. The average Bonchev–Trinajstić information content (AvgIpc) is 2.95. The van der Waals surface area contributed by atoms with Gasteiger partial charge in [-0.3, -0.25) is 0 Å². The molecule has 1 aliphatic carbocycles. The first-order chi connectivity index (χ1) is 19.9. The number of ether oxygens (including phenoxy) is 5. The third-order valence-electron chi connectivity index (χ3n) is 6.36. The summed E-state index contributed by atoms with van der Waals surface area (Å²) in [7, 11) is 2.67. The van der Waals surface area contributed by atoms with Gasteiger partial charge in [0.1, 0.15) is 18.3 Å². The summed E-state index contributed by atoms with van der Waals surface area (Å²) in [6.07, 6.45) is -1.09. The Balaban J connectivity index is 1.78. The fraction of sp³-hybridized carbons (Fsp3) is 0.345. The van der Waals surface area contributed by atoms with E-state index in [1.54, 1.807) is 0 Å². The highest BCUT2D eigenvalue weighted by Crippen LogP contribution is 2.38. The van der Waals surface area contributed by atoms with E-state index in [1.807, 2.05) is 0 Å². The van der Waals surface area contributed by atoms with Crippen LogP contribution in [0.3, 0.4) is 0 Å². The summed E-state index contributed by atoms with van der Waals surface area (Å²) in [4.78, 5) is 37.8. The molecule has 0 bridgehead atoms. The quantitative estimate of drug-likeness (QED) is 0.117. The summed E-state index contributed by atoms with van der Waals surface area (Å²) in [5.41, 5.74) is -1.51. The fourth-order valence-corrected chi connectivity index (χ4v) is 4.24. The van der Waals surface area contributed by atoms with Gasteiger partial charge in [-0.25, -0.2) is 14.4 Å². The van der Waals surface area contributed by atoms with Gasteiger partial charge in [-0.15, -0.1) is 0 Å². The van der Waals surface area contributed by atoms with Crippen LogP contribution in [0.25, 0.3) is 12.2 Å². The monoisotopic (exact) mass is 588 g/mol. The number of carbonyl (C=O) groups excluding carboxylic acids is 3. The van der Waals surface area contributed by atoms with E-state index in [4.69, 9.17) is 23.7 Å². The minimum Gasteiger partial charge on any atom is -0.504 e. The second-order valence-corrected chi connectivity index (χ2v) is 9.29. The maximum atomic E-state index is 12.7. The number of hydrogen-bond donors (Lipinski definition) is 5. The Morgan fingerprint density at radius 3 is 1.86 bits per heavy atom. The molecule has 13 nitrogen and oxygen atoms in total. The molecule has 0 unspecified atom stereocenters. The van der Waals surface area contributed by atoms with Crippen molar-refractivity contribution in [3.05, 3.63) is 53.6 Å². The van der Waals surface area contributed by atoms with Crippen LogP contribution in [-0.2, 0) is 28.6 Å². The van der Waals surface area contributed by atoms with Crippen molar-refractivity contribution in [1.29, 1.82) is 0 Å². The van der Waals surface area contributed by atoms with Crippen molar-refractivity contribution in [2.24, 2.45) is 0 Å². The van der Waals surface area contributed by atoms with Crippen LogP contribution in [0.4, 0.5) is 0 Å². The number of aliphatic hydroxyl groups is 2. The topological polar surface area (TPSA) is 199 Å². The maximum Gasteiger partial charge on any atom is 0.338 e. The number of phenolic OH excluding ortho intramolecular Hbond substituents is 3. The zero-order valence-corrected chi connectivity index (χ0v) is 23.1. The molecular formula is C29H32O13. The molecule has 1 saturated carbocycles. The molecule has 226 valence electrons. The first kappa shape index (κ1) is 31.8. The van der Waals surface area contributed by atoms with Gasteiger partial charge in [-0.05, 0) is 54.5 Å². The molecule has 0 saturated heterocycles. The minimum absolute atomic E-state index is 0.0664. The van der Waals surface area contributed by atoms with E-state index in [0.717, 1.165) is 12.2 Å². The van der Waals surface area contributed by atoms with Crippen LogP contribution in [0.15, 0.2) is 42.5 Å². The SMILES string of the molecule is CCOC(=O)[C@]1(O)C[C@@H](OC(=O)C=Cc2ccc(O)c(O)c2)[C@H](O)[C@H](OC(=O)C=Cc2cc(OC)c(O)c(OC)c2)C1. The molecular weight excluding hydrogens is 556 g/mol. The molecule has 2 aromatic carbocycles. The molecule has 1 fully saturated rings. The van der Waals surface area contributed by atoms with Gasteiger partial charge in [-0.1, -0.05) is 6.07 Å². The van der Waals surface area contributed by atoms with Crippen molar-refractivity contribution in [3.63, 3.8) is 0 Å². The van der Waals surface area contributed by atoms with Crippen LogP contribution in [0, 0.1) is 0 Å². The number of hydrogen-bond acceptors (Lipinski definition) is 13. The molecule has 0 aliphatic heterocycles. The Kier molecular flexibility index (Phi) is 10.4. The first-order valence-electron chi connectivity index (χ1n) is 12.7. The predicted molar refractivity (Wildman–Crippen MR) is 146 cm³/mol. The molecule has 5 N–H and O–H groups in total. The van der Waals surface area contributed by atoms with E-state index in [9.17, 15) is 39.9 Å². The Morgan fingerprint density at radius 2 is 1.38 bits per heavy atom. The van der Waals surface area contributed by atoms with Gasteiger partial charge in [-0.2, -0.15) is 0 Å². The Bertz CT molecular complexity index is 1340. The highest BCUT2D eigenvalue weighted by molar-refractivity contribution is 5.88. The number of rotatable bonds is 10. The van der Waals surface area contributed by atoms with Crippen molar-refractivity contribution in [2.45, 2.75) is 43.7 Å². The van der Waals surface area contributed by atoms with Crippen LogP contribution in [0.1, 0.15) is 30.9 Å². The second kappa shape index (κ2) is 13.7. The summed E-state index contributed by atoms with van der Waals surface area (Å²) in [5.74, 6) is -3.80. The number of esters is 3. The first-order valence-corrected chi connectivity index (χ1v) is 12.7. The minimum atomic E-state index is -2.25. The van der Waals surface area contributed by atoms with E-state index in [-0.39, 0.29) is 29.6 Å². The average molecular weight is 589 g/mol. The van der Waals surface area contributed by atoms with Gasteiger partial charge in [0.05, 0.1) is 20.8 Å². The zero-order chi connectivity index (χ0) is 31.0. The second-order valence-electron chi connectivity index (χ2n) is 9.29. The molecule has 0 radical (unpaired) electrons. The van der Waals surface area contributed by atoms with Crippen molar-refractivity contribution >= 4 is 30.1 Å². The van der Waals surface area contributed by atoms with Gasteiger partial charge >= 0.3 is 17.9 Å². The molecule has 0 aromatic heterocycles.